The van der Waals surface area contributed by atoms with E-state index in [2.05, 4.69) is 5.32 Å². The molecule has 1 aromatic rings. The average molecular weight is 185 g/mol. The van der Waals surface area contributed by atoms with E-state index < -0.39 is 11.6 Å². The number of anilines is 1. The average Bonchev–Trinajstić information content (AvgIpc) is 2.31. The highest BCUT2D eigenvalue weighted by atomic mass is 19.2. The van der Waals surface area contributed by atoms with Gasteiger partial charge in [0.05, 0.1) is 12.3 Å². The normalized spacial score (nSPS) is 15.2. The molecule has 1 N–H and O–H groups in total. The van der Waals surface area contributed by atoms with Crippen molar-refractivity contribution in [3.8, 4) is 5.75 Å². The van der Waals surface area contributed by atoms with E-state index in [0.29, 0.717) is 18.0 Å². The zero-order chi connectivity index (χ0) is 9.26. The van der Waals surface area contributed by atoms with Gasteiger partial charge in [0.15, 0.2) is 11.6 Å². The van der Waals surface area contributed by atoms with E-state index in [4.69, 9.17) is 4.74 Å². The largest absolute Gasteiger partial charge is 0.491 e. The molecule has 4 heteroatoms. The van der Waals surface area contributed by atoms with Gasteiger partial charge in [-0.2, -0.15) is 0 Å². The van der Waals surface area contributed by atoms with Gasteiger partial charge in [-0.1, -0.05) is 0 Å². The van der Waals surface area contributed by atoms with E-state index in [1.54, 1.807) is 0 Å². The Balaban J connectivity index is 2.43. The van der Waals surface area contributed by atoms with Crippen molar-refractivity contribution in [1.82, 2.24) is 0 Å². The van der Waals surface area contributed by atoms with Gasteiger partial charge < -0.3 is 10.1 Å². The lowest BCUT2D eigenvalue weighted by atomic mass is 10.2. The zero-order valence-corrected chi connectivity index (χ0v) is 6.94. The van der Waals surface area contributed by atoms with Crippen LogP contribution in [0.2, 0.25) is 0 Å². The first-order valence-electron chi connectivity index (χ1n) is 4.13. The summed E-state index contributed by atoms with van der Waals surface area (Å²) in [6, 6.07) is 2.19. The molecule has 0 fully saturated rings. The summed E-state index contributed by atoms with van der Waals surface area (Å²) in [6.45, 7) is 1.25. The molecule has 70 valence electrons. The Kier molecular flexibility index (Phi) is 2.04. The molecular formula is C9H9F2NO. The summed E-state index contributed by atoms with van der Waals surface area (Å²) < 4.78 is 30.7. The molecule has 0 atom stereocenters. The Hall–Kier alpha value is -1.32. The Morgan fingerprint density at radius 2 is 2.00 bits per heavy atom. The van der Waals surface area contributed by atoms with Gasteiger partial charge in [-0.15, -0.1) is 0 Å². The van der Waals surface area contributed by atoms with Gasteiger partial charge in [-0.05, 0) is 6.42 Å². The molecule has 1 aromatic carbocycles. The molecule has 0 radical (unpaired) electrons. The second-order valence-corrected chi connectivity index (χ2v) is 2.89. The predicted molar refractivity (Wildman–Crippen MR) is 45.0 cm³/mol. The second kappa shape index (κ2) is 3.20. The molecule has 0 aromatic heterocycles. The number of fused-ring (bicyclic) bond motifs is 1. The number of rotatable bonds is 0. The van der Waals surface area contributed by atoms with Crippen LogP contribution < -0.4 is 10.1 Å². The molecule has 2 rings (SSSR count). The molecule has 0 bridgehead atoms. The van der Waals surface area contributed by atoms with Crippen LogP contribution in [0.1, 0.15) is 6.42 Å². The van der Waals surface area contributed by atoms with Crippen molar-refractivity contribution in [2.75, 3.05) is 18.5 Å². The highest BCUT2D eigenvalue weighted by Crippen LogP contribution is 2.28. The third-order valence-corrected chi connectivity index (χ3v) is 1.92. The maximum absolute atomic E-state index is 12.8. The lowest BCUT2D eigenvalue weighted by Crippen LogP contribution is -2.00. The fourth-order valence-electron chi connectivity index (χ4n) is 1.26. The highest BCUT2D eigenvalue weighted by molar-refractivity contribution is 5.57. The zero-order valence-electron chi connectivity index (χ0n) is 6.94. The molecular weight excluding hydrogens is 176 g/mol. The molecule has 0 saturated heterocycles. The SMILES string of the molecule is Fc1cc2c(cc1F)OCCCN2. The summed E-state index contributed by atoms with van der Waals surface area (Å²) in [5, 5.41) is 2.96. The Bertz CT molecular complexity index is 297. The topological polar surface area (TPSA) is 21.3 Å². The number of hydrogen-bond acceptors (Lipinski definition) is 2. The van der Waals surface area contributed by atoms with Crippen LogP contribution in [0.3, 0.4) is 0 Å². The standard InChI is InChI=1S/C9H9F2NO/c10-6-4-8-9(5-7(6)11)13-3-1-2-12-8/h4-5,12H,1-3H2. The minimum Gasteiger partial charge on any atom is -0.491 e. The van der Waals surface area contributed by atoms with Gasteiger partial charge in [0, 0.05) is 18.7 Å². The van der Waals surface area contributed by atoms with Crippen molar-refractivity contribution in [3.63, 3.8) is 0 Å². The molecule has 0 spiro atoms. The fraction of sp³-hybridized carbons (Fsp3) is 0.333. The van der Waals surface area contributed by atoms with E-state index in [1.165, 1.54) is 0 Å². The monoisotopic (exact) mass is 185 g/mol. The van der Waals surface area contributed by atoms with Crippen LogP contribution >= 0.6 is 0 Å². The van der Waals surface area contributed by atoms with Crippen LogP contribution in [0.25, 0.3) is 0 Å². The molecule has 1 aliphatic rings. The molecule has 0 saturated carbocycles. The van der Waals surface area contributed by atoms with Crippen LogP contribution in [-0.4, -0.2) is 13.2 Å². The van der Waals surface area contributed by atoms with Crippen molar-refractivity contribution >= 4 is 5.69 Å². The van der Waals surface area contributed by atoms with Gasteiger partial charge >= 0.3 is 0 Å². The molecule has 1 heterocycles. The number of nitrogens with one attached hydrogen (secondary N) is 1. The highest BCUT2D eigenvalue weighted by Gasteiger charge is 2.12. The fourth-order valence-corrected chi connectivity index (χ4v) is 1.26. The van der Waals surface area contributed by atoms with Gasteiger partial charge in [0.2, 0.25) is 0 Å². The Morgan fingerprint density at radius 3 is 2.85 bits per heavy atom. The first kappa shape index (κ1) is 8.29. The number of hydrogen-bond donors (Lipinski definition) is 1. The van der Waals surface area contributed by atoms with Crippen molar-refractivity contribution in [2.24, 2.45) is 0 Å². The maximum Gasteiger partial charge on any atom is 0.162 e. The van der Waals surface area contributed by atoms with E-state index in [9.17, 15) is 8.78 Å². The summed E-state index contributed by atoms with van der Waals surface area (Å²) in [5.41, 5.74) is 0.524. The number of benzene rings is 1. The van der Waals surface area contributed by atoms with E-state index in [0.717, 1.165) is 25.1 Å². The predicted octanol–water partition coefficient (Wildman–Crippen LogP) is 2.16. The van der Waals surface area contributed by atoms with Crippen LogP contribution in [-0.2, 0) is 0 Å². The minimum atomic E-state index is -0.873. The maximum atomic E-state index is 12.8. The van der Waals surface area contributed by atoms with Crippen LogP contribution in [0.15, 0.2) is 12.1 Å². The molecule has 0 aliphatic carbocycles. The third kappa shape index (κ3) is 1.56. The smallest absolute Gasteiger partial charge is 0.162 e. The van der Waals surface area contributed by atoms with Gasteiger partial charge in [0.25, 0.3) is 0 Å². The Morgan fingerprint density at radius 1 is 1.23 bits per heavy atom. The van der Waals surface area contributed by atoms with E-state index in [-0.39, 0.29) is 0 Å². The molecule has 0 unspecified atom stereocenters. The van der Waals surface area contributed by atoms with E-state index in [1.807, 2.05) is 0 Å². The second-order valence-electron chi connectivity index (χ2n) is 2.89. The minimum absolute atomic E-state index is 0.386. The summed E-state index contributed by atoms with van der Waals surface area (Å²) in [5.74, 6) is -1.34. The third-order valence-electron chi connectivity index (χ3n) is 1.92. The van der Waals surface area contributed by atoms with E-state index >= 15 is 0 Å². The first-order valence-corrected chi connectivity index (χ1v) is 4.13. The molecule has 13 heavy (non-hydrogen) atoms. The van der Waals surface area contributed by atoms with Crippen LogP contribution in [0.4, 0.5) is 14.5 Å². The van der Waals surface area contributed by atoms with Gasteiger partial charge in [-0.25, -0.2) is 8.78 Å². The molecule has 0 amide bonds. The van der Waals surface area contributed by atoms with Crippen LogP contribution in [0.5, 0.6) is 5.75 Å². The molecule has 2 nitrogen and oxygen atoms in total. The molecule has 1 aliphatic heterocycles. The van der Waals surface area contributed by atoms with Crippen molar-refractivity contribution in [3.05, 3.63) is 23.8 Å². The van der Waals surface area contributed by atoms with Crippen molar-refractivity contribution < 1.29 is 13.5 Å². The number of halogens is 2. The number of ether oxygens (including phenoxy) is 1. The van der Waals surface area contributed by atoms with Crippen molar-refractivity contribution in [2.45, 2.75) is 6.42 Å². The summed E-state index contributed by atoms with van der Waals surface area (Å²) in [7, 11) is 0. The lowest BCUT2D eigenvalue weighted by Gasteiger charge is -2.07. The first-order chi connectivity index (χ1) is 6.27. The Labute approximate surface area is 74.5 Å². The lowest BCUT2D eigenvalue weighted by molar-refractivity contribution is 0.320. The summed E-state index contributed by atoms with van der Waals surface area (Å²) >= 11 is 0. The summed E-state index contributed by atoms with van der Waals surface area (Å²) in [4.78, 5) is 0. The summed E-state index contributed by atoms with van der Waals surface area (Å²) in [6.07, 6.45) is 0.831. The van der Waals surface area contributed by atoms with Crippen molar-refractivity contribution in [1.29, 1.82) is 0 Å². The van der Waals surface area contributed by atoms with Crippen LogP contribution in [0, 0.1) is 11.6 Å². The quantitative estimate of drug-likeness (QED) is 0.668. The van der Waals surface area contributed by atoms with Gasteiger partial charge in [0.1, 0.15) is 5.75 Å². The van der Waals surface area contributed by atoms with Gasteiger partial charge in [-0.3, -0.25) is 0 Å².